The van der Waals surface area contributed by atoms with Crippen molar-refractivity contribution < 1.29 is 37.2 Å². The Morgan fingerprint density at radius 3 is 1.78 bits per heavy atom. The van der Waals surface area contributed by atoms with Crippen LogP contribution in [0.15, 0.2) is 12.2 Å². The standard InChI is InChI=1S/C22H38O8S.Na.H/c1-2-3-4-5-6-7-8-9-10-11-12-13-14-15-16-17-21(25)30-22(26)19(18-20(23)24)31(27,28)29;;/h9-10,19H,2-8,11-18H2,1H3,(H,23,24)(H,27,28,29);;/b10-9-;;. The Kier molecular flexibility index (Phi) is 21.8. The molecule has 0 aromatic heterocycles. The molecular weight excluding hydrogens is 447 g/mol. The van der Waals surface area contributed by atoms with E-state index in [1.54, 1.807) is 0 Å². The van der Waals surface area contributed by atoms with Crippen LogP contribution in [0.5, 0.6) is 0 Å². The average molecular weight is 487 g/mol. The van der Waals surface area contributed by atoms with Gasteiger partial charge in [0.15, 0.2) is 5.25 Å². The van der Waals surface area contributed by atoms with E-state index in [4.69, 9.17) is 9.66 Å². The molecule has 8 nitrogen and oxygen atoms in total. The summed E-state index contributed by atoms with van der Waals surface area (Å²) in [6.45, 7) is 2.22. The van der Waals surface area contributed by atoms with Crippen molar-refractivity contribution in [3.05, 3.63) is 12.2 Å². The van der Waals surface area contributed by atoms with Crippen LogP contribution in [0.1, 0.15) is 103 Å². The number of carbonyl (C=O) groups is 3. The molecule has 0 amide bonds. The van der Waals surface area contributed by atoms with Crippen LogP contribution in [-0.4, -0.2) is 70.8 Å². The van der Waals surface area contributed by atoms with Crippen LogP contribution in [0.4, 0.5) is 0 Å². The van der Waals surface area contributed by atoms with Crippen molar-refractivity contribution >= 4 is 57.6 Å². The monoisotopic (exact) mass is 486 g/mol. The van der Waals surface area contributed by atoms with Gasteiger partial charge in [-0.25, -0.2) is 0 Å². The van der Waals surface area contributed by atoms with Crippen LogP contribution < -0.4 is 0 Å². The zero-order chi connectivity index (χ0) is 23.5. The molecule has 0 bridgehead atoms. The van der Waals surface area contributed by atoms with Crippen LogP contribution in [0.2, 0.25) is 0 Å². The minimum absolute atomic E-state index is 0. The van der Waals surface area contributed by atoms with Crippen LogP contribution in [0.3, 0.4) is 0 Å². The van der Waals surface area contributed by atoms with Gasteiger partial charge in [-0.2, -0.15) is 8.42 Å². The van der Waals surface area contributed by atoms with Crippen molar-refractivity contribution in [1.29, 1.82) is 0 Å². The zero-order valence-electron chi connectivity index (χ0n) is 18.6. The molecule has 0 aliphatic rings. The number of carbonyl (C=O) groups excluding carboxylic acids is 2. The fraction of sp³-hybridized carbons (Fsp3) is 0.773. The van der Waals surface area contributed by atoms with Crippen molar-refractivity contribution in [1.82, 2.24) is 0 Å². The fourth-order valence-electron chi connectivity index (χ4n) is 3.04. The summed E-state index contributed by atoms with van der Waals surface area (Å²) in [6, 6.07) is 0. The number of hydrogen-bond donors (Lipinski definition) is 2. The predicted molar refractivity (Wildman–Crippen MR) is 125 cm³/mol. The molecule has 0 heterocycles. The fourth-order valence-corrected chi connectivity index (χ4v) is 3.68. The molecule has 0 fully saturated rings. The summed E-state index contributed by atoms with van der Waals surface area (Å²) in [5, 5.41) is 6.31. The van der Waals surface area contributed by atoms with Crippen LogP contribution >= 0.6 is 0 Å². The Hall–Kier alpha value is -0.740. The van der Waals surface area contributed by atoms with Crippen molar-refractivity contribution in [3.63, 3.8) is 0 Å². The van der Waals surface area contributed by atoms with Gasteiger partial charge in [0.1, 0.15) is 0 Å². The second-order valence-electron chi connectivity index (χ2n) is 7.73. The quantitative estimate of drug-likeness (QED) is 0.0693. The summed E-state index contributed by atoms with van der Waals surface area (Å²) in [5.74, 6) is -4.10. The molecule has 32 heavy (non-hydrogen) atoms. The molecule has 2 N–H and O–H groups in total. The van der Waals surface area contributed by atoms with Crippen molar-refractivity contribution in [2.45, 2.75) is 108 Å². The average Bonchev–Trinajstić information content (AvgIpc) is 2.68. The van der Waals surface area contributed by atoms with E-state index in [2.05, 4.69) is 23.8 Å². The summed E-state index contributed by atoms with van der Waals surface area (Å²) in [6.07, 6.45) is 17.5. The van der Waals surface area contributed by atoms with Gasteiger partial charge in [-0.1, -0.05) is 70.4 Å². The molecule has 0 aliphatic carbocycles. The van der Waals surface area contributed by atoms with E-state index >= 15 is 0 Å². The molecule has 0 aromatic rings. The third-order valence-corrected chi connectivity index (χ3v) is 5.92. The van der Waals surface area contributed by atoms with Crippen molar-refractivity contribution in [2.75, 3.05) is 0 Å². The molecule has 0 saturated carbocycles. The predicted octanol–water partition coefficient (Wildman–Crippen LogP) is 4.18. The molecule has 0 radical (unpaired) electrons. The molecule has 0 saturated heterocycles. The molecule has 0 rings (SSSR count). The second kappa shape index (κ2) is 20.8. The Labute approximate surface area is 214 Å². The number of carboxylic acid groups (broad SMARTS) is 1. The van der Waals surface area contributed by atoms with Gasteiger partial charge in [-0.3, -0.25) is 18.9 Å². The van der Waals surface area contributed by atoms with Crippen LogP contribution in [-0.2, 0) is 29.2 Å². The first-order valence-electron chi connectivity index (χ1n) is 11.3. The molecule has 182 valence electrons. The number of aliphatic carboxylic acids is 1. The minimum atomic E-state index is -4.97. The van der Waals surface area contributed by atoms with Gasteiger partial charge in [0.25, 0.3) is 10.1 Å². The summed E-state index contributed by atoms with van der Waals surface area (Å²) in [7, 11) is -4.97. The van der Waals surface area contributed by atoms with E-state index in [0.29, 0.717) is 6.42 Å². The van der Waals surface area contributed by atoms with E-state index < -0.39 is 39.7 Å². The van der Waals surface area contributed by atoms with Crippen molar-refractivity contribution in [3.8, 4) is 0 Å². The van der Waals surface area contributed by atoms with Gasteiger partial charge in [-0.15, -0.1) is 0 Å². The molecule has 0 aliphatic heterocycles. The van der Waals surface area contributed by atoms with E-state index in [-0.39, 0.29) is 36.0 Å². The number of rotatable bonds is 19. The Bertz CT molecular complexity index is 661. The Morgan fingerprint density at radius 2 is 1.31 bits per heavy atom. The summed E-state index contributed by atoms with van der Waals surface area (Å²) < 4.78 is 35.4. The molecule has 1 atom stereocenters. The van der Waals surface area contributed by atoms with Gasteiger partial charge in [0.05, 0.1) is 6.42 Å². The normalized spacial score (nSPS) is 12.3. The maximum absolute atomic E-state index is 11.6. The Morgan fingerprint density at radius 1 is 0.844 bits per heavy atom. The SMILES string of the molecule is CCCCCCCC/C=C\CCCCCCCC(=O)OC(=O)C(CC(=O)O)S(=O)(=O)O.[NaH]. The zero-order valence-corrected chi connectivity index (χ0v) is 19.4. The molecular formula is C22H39NaO8S. The number of hydrogen-bond acceptors (Lipinski definition) is 6. The number of allylic oxidation sites excluding steroid dienone is 2. The third-order valence-electron chi connectivity index (χ3n) is 4.84. The molecule has 0 spiro atoms. The summed E-state index contributed by atoms with van der Waals surface area (Å²) >= 11 is 0. The van der Waals surface area contributed by atoms with Gasteiger partial charge in [0.2, 0.25) is 0 Å². The molecule has 1 unspecified atom stereocenters. The number of ether oxygens (including phenoxy) is 1. The third kappa shape index (κ3) is 19.9. The van der Waals surface area contributed by atoms with Gasteiger partial charge < -0.3 is 9.84 Å². The first-order chi connectivity index (χ1) is 14.7. The van der Waals surface area contributed by atoms with Crippen LogP contribution in [0, 0.1) is 0 Å². The topological polar surface area (TPSA) is 135 Å². The van der Waals surface area contributed by atoms with Gasteiger partial charge in [-0.05, 0) is 32.1 Å². The van der Waals surface area contributed by atoms with E-state index in [1.807, 2.05) is 0 Å². The van der Waals surface area contributed by atoms with Crippen LogP contribution in [0.25, 0.3) is 0 Å². The number of esters is 2. The van der Waals surface area contributed by atoms with Crippen molar-refractivity contribution in [2.24, 2.45) is 0 Å². The van der Waals surface area contributed by atoms with E-state index in [0.717, 1.165) is 38.5 Å². The van der Waals surface area contributed by atoms with Gasteiger partial charge in [0, 0.05) is 6.42 Å². The second-order valence-corrected chi connectivity index (χ2v) is 9.33. The van der Waals surface area contributed by atoms with Gasteiger partial charge >= 0.3 is 47.5 Å². The first kappa shape index (κ1) is 33.4. The summed E-state index contributed by atoms with van der Waals surface area (Å²) in [4.78, 5) is 33.9. The summed E-state index contributed by atoms with van der Waals surface area (Å²) in [5.41, 5.74) is 0. The Balaban J connectivity index is 0. The van der Waals surface area contributed by atoms with E-state index in [9.17, 15) is 22.8 Å². The molecule has 10 heteroatoms. The maximum atomic E-state index is 11.6. The first-order valence-corrected chi connectivity index (χ1v) is 12.8. The molecule has 0 aromatic carbocycles. The number of unbranched alkanes of at least 4 members (excludes halogenated alkanes) is 11. The van der Waals surface area contributed by atoms with E-state index in [1.165, 1.54) is 38.5 Å². The number of carboxylic acids is 1.